The quantitative estimate of drug-likeness (QED) is 0.750. The highest BCUT2D eigenvalue weighted by molar-refractivity contribution is 6.00. The van der Waals surface area contributed by atoms with Gasteiger partial charge in [-0.2, -0.15) is 0 Å². The summed E-state index contributed by atoms with van der Waals surface area (Å²) in [7, 11) is 0. The number of nitrogen functional groups attached to an aromatic ring is 1. The molecule has 4 nitrogen and oxygen atoms in total. The highest BCUT2D eigenvalue weighted by Crippen LogP contribution is 2.33. The molecule has 0 saturated heterocycles. The molecule has 110 valence electrons. The minimum atomic E-state index is 0.0194. The van der Waals surface area contributed by atoms with Crippen LogP contribution in [0.1, 0.15) is 45.1 Å². The summed E-state index contributed by atoms with van der Waals surface area (Å²) in [5, 5.41) is 2.83. The largest absolute Gasteiger partial charge is 0.491 e. The van der Waals surface area contributed by atoms with Crippen molar-refractivity contribution in [3.8, 4) is 5.75 Å². The summed E-state index contributed by atoms with van der Waals surface area (Å²) in [4.78, 5) is 11.4. The van der Waals surface area contributed by atoms with Crippen LogP contribution >= 0.6 is 0 Å². The highest BCUT2D eigenvalue weighted by atomic mass is 16.5. The fourth-order valence-corrected chi connectivity index (χ4v) is 2.50. The molecule has 2 rings (SSSR count). The van der Waals surface area contributed by atoms with E-state index >= 15 is 0 Å². The summed E-state index contributed by atoms with van der Waals surface area (Å²) in [6, 6.07) is 3.69. The van der Waals surface area contributed by atoms with Crippen molar-refractivity contribution in [3.63, 3.8) is 0 Å². The zero-order valence-electron chi connectivity index (χ0n) is 12.4. The number of hydrogen-bond acceptors (Lipinski definition) is 3. The Kier molecular flexibility index (Phi) is 4.88. The van der Waals surface area contributed by atoms with Gasteiger partial charge in [0.1, 0.15) is 5.75 Å². The molecule has 3 N–H and O–H groups in total. The van der Waals surface area contributed by atoms with Gasteiger partial charge in [-0.3, -0.25) is 4.79 Å². The topological polar surface area (TPSA) is 64.3 Å². The van der Waals surface area contributed by atoms with Gasteiger partial charge in [0.05, 0.1) is 18.7 Å². The maximum Gasteiger partial charge on any atom is 0.228 e. The number of anilines is 2. The number of unbranched alkanes of at least 4 members (excludes halogenated alkanes) is 1. The fourth-order valence-electron chi connectivity index (χ4n) is 2.50. The summed E-state index contributed by atoms with van der Waals surface area (Å²) >= 11 is 0. The predicted molar refractivity (Wildman–Crippen MR) is 82.0 cm³/mol. The van der Waals surface area contributed by atoms with E-state index in [9.17, 15) is 4.79 Å². The van der Waals surface area contributed by atoms with Crippen LogP contribution in [0.4, 0.5) is 11.4 Å². The first-order valence-corrected chi connectivity index (χ1v) is 7.49. The van der Waals surface area contributed by atoms with Gasteiger partial charge in [0.25, 0.3) is 0 Å². The molecule has 0 aliphatic carbocycles. The van der Waals surface area contributed by atoms with Gasteiger partial charge in [0, 0.05) is 11.8 Å². The Morgan fingerprint density at radius 1 is 1.40 bits per heavy atom. The summed E-state index contributed by atoms with van der Waals surface area (Å²) in [5.74, 6) is 1.27. The van der Waals surface area contributed by atoms with Crippen LogP contribution in [0.25, 0.3) is 0 Å². The van der Waals surface area contributed by atoms with Crippen molar-refractivity contribution >= 4 is 17.3 Å². The molecule has 1 heterocycles. The first-order chi connectivity index (χ1) is 9.63. The van der Waals surface area contributed by atoms with Crippen LogP contribution in [-0.4, -0.2) is 12.5 Å². The molecule has 4 heteroatoms. The minimum absolute atomic E-state index is 0.0194. The second-order valence-electron chi connectivity index (χ2n) is 5.50. The number of amides is 1. The zero-order chi connectivity index (χ0) is 14.5. The molecule has 0 radical (unpaired) electrons. The lowest BCUT2D eigenvalue weighted by molar-refractivity contribution is -0.115. The molecule has 1 aliphatic rings. The molecule has 0 bridgehead atoms. The van der Waals surface area contributed by atoms with Gasteiger partial charge in [-0.1, -0.05) is 33.1 Å². The van der Waals surface area contributed by atoms with Gasteiger partial charge in [-0.05, 0) is 24.0 Å². The molecule has 1 aromatic carbocycles. The lowest BCUT2D eigenvalue weighted by Crippen LogP contribution is -2.12. The Balaban J connectivity index is 1.99. The molecule has 1 atom stereocenters. The maximum atomic E-state index is 11.4. The number of fused-ring (bicyclic) bond motifs is 1. The van der Waals surface area contributed by atoms with E-state index in [2.05, 4.69) is 19.2 Å². The Hall–Kier alpha value is -1.71. The number of benzene rings is 1. The van der Waals surface area contributed by atoms with E-state index in [1.807, 2.05) is 12.1 Å². The molecule has 0 saturated carbocycles. The van der Waals surface area contributed by atoms with Gasteiger partial charge in [-0.25, -0.2) is 0 Å². The predicted octanol–water partition coefficient (Wildman–Crippen LogP) is 3.36. The number of carbonyl (C=O) groups is 1. The summed E-state index contributed by atoms with van der Waals surface area (Å²) in [5.41, 5.74) is 8.41. The average Bonchev–Trinajstić information content (AvgIpc) is 2.78. The molecule has 1 aliphatic heterocycles. The van der Waals surface area contributed by atoms with Crippen molar-refractivity contribution < 1.29 is 9.53 Å². The van der Waals surface area contributed by atoms with Crippen molar-refractivity contribution in [2.45, 2.75) is 46.0 Å². The number of nitrogens with one attached hydrogen (secondary N) is 1. The molecule has 1 aromatic rings. The van der Waals surface area contributed by atoms with Gasteiger partial charge in [0.2, 0.25) is 5.91 Å². The first-order valence-electron chi connectivity index (χ1n) is 7.49. The monoisotopic (exact) mass is 276 g/mol. The van der Waals surface area contributed by atoms with E-state index in [4.69, 9.17) is 10.5 Å². The molecule has 1 unspecified atom stereocenters. The van der Waals surface area contributed by atoms with Crippen LogP contribution in [0.3, 0.4) is 0 Å². The van der Waals surface area contributed by atoms with Gasteiger partial charge >= 0.3 is 0 Å². The van der Waals surface area contributed by atoms with Gasteiger partial charge in [0.15, 0.2) is 0 Å². The molecular formula is C16H24N2O2. The Labute approximate surface area is 120 Å². The molecule has 20 heavy (non-hydrogen) atoms. The smallest absolute Gasteiger partial charge is 0.228 e. The van der Waals surface area contributed by atoms with Crippen molar-refractivity contribution in [1.29, 1.82) is 0 Å². The van der Waals surface area contributed by atoms with E-state index in [1.54, 1.807) is 0 Å². The van der Waals surface area contributed by atoms with Gasteiger partial charge < -0.3 is 15.8 Å². The number of hydrogen-bond donors (Lipinski definition) is 2. The maximum absolute atomic E-state index is 11.4. The molecule has 1 amide bonds. The number of nitrogens with two attached hydrogens (primary N) is 1. The van der Waals surface area contributed by atoms with Crippen LogP contribution in [0.5, 0.6) is 5.75 Å². The standard InChI is InChI=1S/C16H24N2O2/c1-3-5-6-11(4-2)10-20-15-9-14-12(7-13(15)17)8-16(19)18-14/h7,9,11H,3-6,8,10,17H2,1-2H3,(H,18,19). The Bertz CT molecular complexity index is 486. The second kappa shape index (κ2) is 6.64. The third kappa shape index (κ3) is 3.44. The lowest BCUT2D eigenvalue weighted by atomic mass is 10.0. The SMILES string of the molecule is CCCCC(CC)COc1cc2c(cc1N)CC(=O)N2. The molecule has 0 aromatic heterocycles. The lowest BCUT2D eigenvalue weighted by Gasteiger charge is -2.17. The fraction of sp³-hybridized carbons (Fsp3) is 0.562. The first kappa shape index (κ1) is 14.7. The van der Waals surface area contributed by atoms with Crippen molar-refractivity contribution in [2.75, 3.05) is 17.7 Å². The van der Waals surface area contributed by atoms with E-state index in [0.717, 1.165) is 17.7 Å². The Morgan fingerprint density at radius 3 is 2.90 bits per heavy atom. The minimum Gasteiger partial charge on any atom is -0.491 e. The third-order valence-corrected chi connectivity index (χ3v) is 3.88. The van der Waals surface area contributed by atoms with Gasteiger partial charge in [-0.15, -0.1) is 0 Å². The molecule has 0 spiro atoms. The molecular weight excluding hydrogens is 252 g/mol. The molecule has 0 fully saturated rings. The zero-order valence-corrected chi connectivity index (χ0v) is 12.4. The van der Waals surface area contributed by atoms with E-state index in [1.165, 1.54) is 19.3 Å². The Morgan fingerprint density at radius 2 is 2.20 bits per heavy atom. The van der Waals surface area contributed by atoms with Crippen LogP contribution < -0.4 is 15.8 Å². The third-order valence-electron chi connectivity index (χ3n) is 3.88. The second-order valence-corrected chi connectivity index (χ2v) is 5.50. The highest BCUT2D eigenvalue weighted by Gasteiger charge is 2.20. The van der Waals surface area contributed by atoms with Crippen LogP contribution in [0.2, 0.25) is 0 Å². The number of rotatable bonds is 7. The van der Waals surface area contributed by atoms with E-state index < -0.39 is 0 Å². The van der Waals surface area contributed by atoms with Crippen molar-refractivity contribution in [3.05, 3.63) is 17.7 Å². The normalized spacial score (nSPS) is 14.8. The van der Waals surface area contributed by atoms with E-state index in [-0.39, 0.29) is 5.91 Å². The average molecular weight is 276 g/mol. The van der Waals surface area contributed by atoms with Crippen LogP contribution in [0, 0.1) is 5.92 Å². The number of ether oxygens (including phenoxy) is 1. The summed E-state index contributed by atoms with van der Waals surface area (Å²) in [6.07, 6.45) is 5.16. The number of carbonyl (C=O) groups excluding carboxylic acids is 1. The van der Waals surface area contributed by atoms with Crippen LogP contribution in [0.15, 0.2) is 12.1 Å². The van der Waals surface area contributed by atoms with Crippen molar-refractivity contribution in [2.24, 2.45) is 5.92 Å². The summed E-state index contributed by atoms with van der Waals surface area (Å²) < 4.78 is 5.87. The van der Waals surface area contributed by atoms with Crippen molar-refractivity contribution in [1.82, 2.24) is 0 Å². The van der Waals surface area contributed by atoms with Crippen LogP contribution in [-0.2, 0) is 11.2 Å². The van der Waals surface area contributed by atoms with E-state index in [0.29, 0.717) is 30.4 Å². The summed E-state index contributed by atoms with van der Waals surface area (Å²) in [6.45, 7) is 5.08.